The molecule has 0 unspecified atom stereocenters. The van der Waals surface area contributed by atoms with Crippen molar-refractivity contribution in [3.05, 3.63) is 49.7 Å². The summed E-state index contributed by atoms with van der Waals surface area (Å²) in [6.45, 7) is 6.25. The van der Waals surface area contributed by atoms with Gasteiger partial charge in [0.2, 0.25) is 0 Å². The number of hydrogen-bond donors (Lipinski definition) is 0. The Morgan fingerprint density at radius 3 is 2.38 bits per heavy atom. The first-order valence-corrected chi connectivity index (χ1v) is 12.2. The monoisotopic (exact) mass is 506 g/mol. The van der Waals surface area contributed by atoms with Crippen LogP contribution in [0.15, 0.2) is 41.3 Å². The zero-order chi connectivity index (χ0) is 18.6. The molecule has 1 aromatic carbocycles. The summed E-state index contributed by atoms with van der Waals surface area (Å²) in [5, 5.41) is 0. The first-order valence-electron chi connectivity index (χ1n) is 8.94. The summed E-state index contributed by atoms with van der Waals surface area (Å²) in [4.78, 5) is 1.65. The number of quaternary nitrogens is 1. The molecule has 1 aliphatic rings. The molecule has 0 aliphatic carbocycles. The summed E-state index contributed by atoms with van der Waals surface area (Å²) < 4.78 is 32.4. The predicted molar refractivity (Wildman–Crippen MR) is 114 cm³/mol. The van der Waals surface area contributed by atoms with Crippen LogP contribution in [0.3, 0.4) is 0 Å². The van der Waals surface area contributed by atoms with Crippen LogP contribution >= 0.6 is 33.9 Å². The molecular formula is C19H25INO3S2+. The van der Waals surface area contributed by atoms with Crippen molar-refractivity contribution in [2.45, 2.75) is 31.1 Å². The van der Waals surface area contributed by atoms with Crippen LogP contribution in [-0.2, 0) is 20.7 Å². The number of benzene rings is 1. The lowest BCUT2D eigenvalue weighted by Crippen LogP contribution is -2.49. The van der Waals surface area contributed by atoms with Crippen LogP contribution < -0.4 is 0 Å². The Morgan fingerprint density at radius 2 is 1.77 bits per heavy atom. The Kier molecular flexibility index (Phi) is 6.77. The second-order valence-electron chi connectivity index (χ2n) is 6.99. The van der Waals surface area contributed by atoms with E-state index in [0.717, 1.165) is 42.6 Å². The van der Waals surface area contributed by atoms with Gasteiger partial charge in [-0.3, -0.25) is 4.18 Å². The fourth-order valence-corrected chi connectivity index (χ4v) is 6.16. The van der Waals surface area contributed by atoms with Crippen molar-refractivity contribution in [1.29, 1.82) is 0 Å². The van der Waals surface area contributed by atoms with Crippen molar-refractivity contribution in [3.8, 4) is 0 Å². The fourth-order valence-electron chi connectivity index (χ4n) is 3.51. The standard InChI is InChI=1S/C19H25INO3S2/c1-16-4-7-18(8-5-16)26(22,23)24-15-14-21(11-2-3-12-21)13-10-17-6-9-19(20)25-17/h4-9H,2-3,10-15H2,1H3/q+1. The third-order valence-electron chi connectivity index (χ3n) is 5.09. The van der Waals surface area contributed by atoms with E-state index < -0.39 is 10.1 Å². The number of halogens is 1. The van der Waals surface area contributed by atoms with Crippen molar-refractivity contribution in [3.63, 3.8) is 0 Å². The van der Waals surface area contributed by atoms with E-state index in [1.165, 1.54) is 20.6 Å². The lowest BCUT2D eigenvalue weighted by atomic mass is 10.2. The molecule has 1 saturated heterocycles. The molecule has 7 heteroatoms. The topological polar surface area (TPSA) is 43.4 Å². The molecule has 0 radical (unpaired) electrons. The molecule has 0 amide bonds. The van der Waals surface area contributed by atoms with Gasteiger partial charge in [0.05, 0.1) is 27.4 Å². The molecule has 1 aliphatic heterocycles. The number of aryl methyl sites for hydroxylation is 1. The molecule has 1 aromatic heterocycles. The first kappa shape index (κ1) is 20.3. The molecule has 0 spiro atoms. The highest BCUT2D eigenvalue weighted by atomic mass is 127. The van der Waals surface area contributed by atoms with Gasteiger partial charge < -0.3 is 4.48 Å². The number of rotatable bonds is 8. The normalized spacial score (nSPS) is 16.8. The van der Waals surface area contributed by atoms with E-state index in [-0.39, 0.29) is 11.5 Å². The van der Waals surface area contributed by atoms with Gasteiger partial charge in [-0.15, -0.1) is 11.3 Å². The van der Waals surface area contributed by atoms with Crippen molar-refractivity contribution in [1.82, 2.24) is 0 Å². The van der Waals surface area contributed by atoms with Gasteiger partial charge in [-0.25, -0.2) is 0 Å². The molecule has 1 fully saturated rings. The maximum absolute atomic E-state index is 12.4. The van der Waals surface area contributed by atoms with Crippen LogP contribution in [0.25, 0.3) is 0 Å². The quantitative estimate of drug-likeness (QED) is 0.306. The first-order chi connectivity index (χ1) is 12.4. The van der Waals surface area contributed by atoms with Crippen LogP contribution in [0.5, 0.6) is 0 Å². The van der Waals surface area contributed by atoms with Crippen molar-refractivity contribution < 1.29 is 17.1 Å². The summed E-state index contributed by atoms with van der Waals surface area (Å²) in [5.74, 6) is 0. The van der Waals surface area contributed by atoms with Crippen LogP contribution in [0.2, 0.25) is 0 Å². The van der Waals surface area contributed by atoms with Crippen LogP contribution in [0, 0.1) is 9.81 Å². The number of hydrogen-bond acceptors (Lipinski definition) is 4. The lowest BCUT2D eigenvalue weighted by molar-refractivity contribution is -0.916. The van der Waals surface area contributed by atoms with E-state index in [0.29, 0.717) is 0 Å². The van der Waals surface area contributed by atoms with E-state index in [9.17, 15) is 8.42 Å². The minimum absolute atomic E-state index is 0.240. The molecule has 142 valence electrons. The Hall–Kier alpha value is -0.480. The molecular weight excluding hydrogens is 481 g/mol. The van der Waals surface area contributed by atoms with Gasteiger partial charge in [-0.1, -0.05) is 17.7 Å². The second-order valence-corrected chi connectivity index (χ2v) is 11.7. The molecule has 0 atom stereocenters. The minimum Gasteiger partial charge on any atom is -0.321 e. The van der Waals surface area contributed by atoms with E-state index >= 15 is 0 Å². The summed E-state index contributed by atoms with van der Waals surface area (Å²) in [7, 11) is -3.67. The van der Waals surface area contributed by atoms with E-state index in [1.807, 2.05) is 18.3 Å². The molecule has 4 nitrogen and oxygen atoms in total. The number of likely N-dealkylation sites (tertiary alicyclic amines) is 1. The van der Waals surface area contributed by atoms with E-state index in [1.54, 1.807) is 24.3 Å². The molecule has 2 heterocycles. The van der Waals surface area contributed by atoms with Gasteiger partial charge in [0, 0.05) is 24.1 Å². The van der Waals surface area contributed by atoms with Crippen LogP contribution in [0.4, 0.5) is 0 Å². The third kappa shape index (κ3) is 5.28. The lowest BCUT2D eigenvalue weighted by Gasteiger charge is -2.34. The van der Waals surface area contributed by atoms with E-state index in [2.05, 4.69) is 34.7 Å². The van der Waals surface area contributed by atoms with Gasteiger partial charge in [0.1, 0.15) is 13.2 Å². The zero-order valence-corrected chi connectivity index (χ0v) is 18.8. The maximum atomic E-state index is 12.4. The molecule has 2 aromatic rings. The average Bonchev–Trinajstić information content (AvgIpc) is 3.23. The number of nitrogens with zero attached hydrogens (tertiary/aromatic N) is 1. The Bertz CT molecular complexity index is 825. The van der Waals surface area contributed by atoms with Gasteiger partial charge in [-0.2, -0.15) is 8.42 Å². The molecule has 26 heavy (non-hydrogen) atoms. The zero-order valence-electron chi connectivity index (χ0n) is 15.0. The SMILES string of the molecule is Cc1ccc(S(=O)(=O)OCC[N+]2(CCc3ccc(I)s3)CCCC2)cc1. The summed E-state index contributed by atoms with van der Waals surface area (Å²) in [5.41, 5.74) is 1.04. The van der Waals surface area contributed by atoms with Gasteiger partial charge in [0.15, 0.2) is 0 Å². The number of thiophene rings is 1. The Morgan fingerprint density at radius 1 is 1.08 bits per heavy atom. The summed E-state index contributed by atoms with van der Waals surface area (Å²) in [6.07, 6.45) is 3.48. The largest absolute Gasteiger partial charge is 0.321 e. The fraction of sp³-hybridized carbons (Fsp3) is 0.474. The maximum Gasteiger partial charge on any atom is 0.297 e. The highest BCUT2D eigenvalue weighted by Crippen LogP contribution is 2.24. The van der Waals surface area contributed by atoms with Crippen LogP contribution in [-0.4, -0.2) is 45.7 Å². The summed E-state index contributed by atoms with van der Waals surface area (Å²) >= 11 is 4.20. The van der Waals surface area contributed by atoms with Crippen molar-refractivity contribution >= 4 is 44.0 Å². The summed E-state index contributed by atoms with van der Waals surface area (Å²) in [6, 6.07) is 11.2. The van der Waals surface area contributed by atoms with Gasteiger partial charge in [-0.05, 0) is 53.8 Å². The third-order valence-corrected chi connectivity index (χ3v) is 8.37. The Labute approximate surface area is 174 Å². The average molecular weight is 506 g/mol. The molecule has 0 saturated carbocycles. The molecule has 3 rings (SSSR count). The van der Waals surface area contributed by atoms with Gasteiger partial charge >= 0.3 is 0 Å². The Balaban J connectivity index is 1.57. The molecule has 0 N–H and O–H groups in total. The molecule has 0 bridgehead atoms. The highest BCUT2D eigenvalue weighted by molar-refractivity contribution is 14.1. The smallest absolute Gasteiger partial charge is 0.297 e. The van der Waals surface area contributed by atoms with Crippen molar-refractivity contribution in [2.75, 3.05) is 32.8 Å². The second kappa shape index (κ2) is 8.68. The van der Waals surface area contributed by atoms with E-state index in [4.69, 9.17) is 4.18 Å². The minimum atomic E-state index is -3.67. The van der Waals surface area contributed by atoms with Gasteiger partial charge in [0.25, 0.3) is 10.1 Å². The highest BCUT2D eigenvalue weighted by Gasteiger charge is 2.32. The predicted octanol–water partition coefficient (Wildman–Crippen LogP) is 4.22. The van der Waals surface area contributed by atoms with Crippen LogP contribution in [0.1, 0.15) is 23.3 Å². The van der Waals surface area contributed by atoms with Crippen molar-refractivity contribution in [2.24, 2.45) is 0 Å².